The average Bonchev–Trinajstić information content (AvgIpc) is 3.48. The van der Waals surface area contributed by atoms with E-state index in [2.05, 4.69) is 10.6 Å². The Morgan fingerprint density at radius 3 is 2.05 bits per heavy atom. The number of primary amides is 1. The molecule has 2 aromatic carbocycles. The zero-order chi connectivity index (χ0) is 43.2. The Hall–Kier alpha value is -4.99. The summed E-state index contributed by atoms with van der Waals surface area (Å²) in [6, 6.07) is 7.58. The highest BCUT2D eigenvalue weighted by Crippen LogP contribution is 2.67. The van der Waals surface area contributed by atoms with Gasteiger partial charge in [-0.1, -0.05) is 42.5 Å². The summed E-state index contributed by atoms with van der Waals surface area (Å²) < 4.78 is 64.9. The van der Waals surface area contributed by atoms with Crippen LogP contribution in [0.15, 0.2) is 48.5 Å². The molecule has 0 aromatic heterocycles. The Bertz CT molecular complexity index is 1940. The molecule has 316 valence electrons. The molecule has 18 heteroatoms. The van der Waals surface area contributed by atoms with Crippen LogP contribution in [0.1, 0.15) is 90.0 Å². The molecule has 0 saturated heterocycles. The number of para-hydroxylation sites is 1. The molecule has 0 radical (unpaired) electrons. The van der Waals surface area contributed by atoms with Crippen molar-refractivity contribution in [2.45, 2.75) is 104 Å². The van der Waals surface area contributed by atoms with Crippen LogP contribution in [0.3, 0.4) is 0 Å². The molecule has 0 saturated carbocycles. The molecule has 0 fully saturated rings. The Kier molecular flexibility index (Phi) is 14.4. The highest BCUT2D eigenvalue weighted by atomic mass is 31.2. The molecule has 15 nitrogen and oxygen atoms in total. The topological polar surface area (TPSA) is 210 Å². The molecule has 2 aliphatic rings. The summed E-state index contributed by atoms with van der Waals surface area (Å²) >= 11 is 0. The Morgan fingerprint density at radius 1 is 0.931 bits per heavy atom. The normalized spacial score (nSPS) is 17.6. The molecule has 1 unspecified atom stereocenters. The van der Waals surface area contributed by atoms with Gasteiger partial charge in [0, 0.05) is 30.5 Å². The van der Waals surface area contributed by atoms with Crippen molar-refractivity contribution in [1.29, 1.82) is 0 Å². The smallest absolute Gasteiger partial charge is 0.410 e. The number of ether oxygens (including phenoxy) is 2. The Morgan fingerprint density at radius 2 is 1.50 bits per heavy atom. The van der Waals surface area contributed by atoms with Crippen LogP contribution in [0.2, 0.25) is 0 Å². The lowest BCUT2D eigenvalue weighted by Gasteiger charge is -2.28. The summed E-state index contributed by atoms with van der Waals surface area (Å²) in [5.74, 6) is -3.69. The van der Waals surface area contributed by atoms with E-state index in [1.807, 2.05) is 18.2 Å². The minimum Gasteiger partial charge on any atom is -0.438 e. The summed E-state index contributed by atoms with van der Waals surface area (Å²) in [5.41, 5.74) is 0.623. The number of alkyl halides is 2. The van der Waals surface area contributed by atoms with Crippen molar-refractivity contribution < 1.29 is 60.6 Å². The van der Waals surface area contributed by atoms with E-state index in [-0.39, 0.29) is 30.9 Å². The number of halogens is 2. The quantitative estimate of drug-likeness (QED) is 0.0864. The van der Waals surface area contributed by atoms with Gasteiger partial charge < -0.3 is 25.8 Å². The molecule has 4 rings (SSSR count). The zero-order valence-electron chi connectivity index (χ0n) is 33.6. The molecule has 0 spiro atoms. The maximum absolute atomic E-state index is 15.9. The number of benzene rings is 2. The van der Waals surface area contributed by atoms with Crippen LogP contribution < -0.4 is 21.3 Å². The van der Waals surface area contributed by atoms with Gasteiger partial charge in [0.15, 0.2) is 0 Å². The number of nitrogens with two attached hydrogens (primary N) is 1. The van der Waals surface area contributed by atoms with Gasteiger partial charge in [-0.2, -0.15) is 8.78 Å². The van der Waals surface area contributed by atoms with Crippen molar-refractivity contribution in [1.82, 2.24) is 10.6 Å². The van der Waals surface area contributed by atoms with Gasteiger partial charge in [0.2, 0.25) is 37.2 Å². The van der Waals surface area contributed by atoms with E-state index in [9.17, 15) is 33.3 Å². The number of nitrogens with zero attached hydrogens (tertiary/aromatic N) is 1. The Labute approximate surface area is 335 Å². The highest BCUT2D eigenvalue weighted by molar-refractivity contribution is 7.54. The molecule has 2 aromatic rings. The van der Waals surface area contributed by atoms with Gasteiger partial charge in [-0.3, -0.25) is 47.3 Å². The standard InChI is InChI=1S/C40H51F2N4O11P/c1-24(11-19-31(43)47)44-34(49)30-21-27-10-8-9-26-15-18-29(35(50)46(30)33(26)27)45-32(48)20-14-25-12-16-28(17-13-25)40(41,42)58(53,56-22-54-36(51)38(2,3)4)57-23-55-37(52)39(5,6)7/h8-10,12-14,16-17,20,24,29-30H,11,15,18-19,21-23H2,1-7H3,(H2,43,47)(H,44,49)(H,45,48)/b20-14+/t24-,29?,30+/m1/s1. The number of carbonyl (C=O) groups is 6. The fourth-order valence-corrected chi connectivity index (χ4v) is 7.27. The minimum atomic E-state index is -5.54. The summed E-state index contributed by atoms with van der Waals surface area (Å²) in [5, 5.41) is 5.56. The number of hydrogen-bond donors (Lipinski definition) is 3. The summed E-state index contributed by atoms with van der Waals surface area (Å²) in [7, 11) is -5.54. The number of amides is 4. The molecule has 0 aliphatic carbocycles. The number of hydrogen-bond acceptors (Lipinski definition) is 11. The average molecular weight is 833 g/mol. The van der Waals surface area contributed by atoms with Crippen molar-refractivity contribution in [3.63, 3.8) is 0 Å². The van der Waals surface area contributed by atoms with Crippen molar-refractivity contribution in [2.75, 3.05) is 18.5 Å². The van der Waals surface area contributed by atoms with Crippen LogP contribution in [0.25, 0.3) is 6.08 Å². The number of esters is 2. The minimum absolute atomic E-state index is 0.0825. The number of nitrogens with one attached hydrogen (secondary N) is 2. The van der Waals surface area contributed by atoms with E-state index < -0.39 is 90.9 Å². The van der Waals surface area contributed by atoms with E-state index in [0.717, 1.165) is 29.3 Å². The van der Waals surface area contributed by atoms with Gasteiger partial charge in [-0.05, 0) is 90.5 Å². The first-order valence-electron chi connectivity index (χ1n) is 18.7. The van der Waals surface area contributed by atoms with E-state index in [4.69, 9.17) is 24.3 Å². The molecule has 58 heavy (non-hydrogen) atoms. The number of carbonyl (C=O) groups excluding carboxylic acids is 6. The van der Waals surface area contributed by atoms with Crippen molar-refractivity contribution in [2.24, 2.45) is 16.6 Å². The monoisotopic (exact) mass is 832 g/mol. The van der Waals surface area contributed by atoms with Crippen LogP contribution in [0.4, 0.5) is 14.5 Å². The van der Waals surface area contributed by atoms with E-state index in [0.29, 0.717) is 18.5 Å². The van der Waals surface area contributed by atoms with Crippen LogP contribution in [0, 0.1) is 10.8 Å². The summed E-state index contributed by atoms with van der Waals surface area (Å²) in [6.07, 6.45) is 3.79. The second kappa shape index (κ2) is 18.3. The number of rotatable bonds is 16. The second-order valence-electron chi connectivity index (χ2n) is 16.2. The summed E-state index contributed by atoms with van der Waals surface area (Å²) in [6.45, 7) is 8.53. The Balaban J connectivity index is 1.46. The largest absolute Gasteiger partial charge is 0.438 e. The van der Waals surface area contributed by atoms with Gasteiger partial charge in [0.05, 0.1) is 16.5 Å². The van der Waals surface area contributed by atoms with Crippen molar-refractivity contribution >= 4 is 54.9 Å². The third kappa shape index (κ3) is 11.1. The zero-order valence-corrected chi connectivity index (χ0v) is 34.5. The maximum Gasteiger partial charge on any atom is 0.410 e. The molecule has 2 aliphatic heterocycles. The first-order chi connectivity index (χ1) is 26.9. The number of anilines is 1. The lowest BCUT2D eigenvalue weighted by atomic mass is 9.98. The van der Waals surface area contributed by atoms with Gasteiger partial charge in [-0.15, -0.1) is 0 Å². The van der Waals surface area contributed by atoms with Crippen molar-refractivity contribution in [3.8, 4) is 0 Å². The predicted molar refractivity (Wildman–Crippen MR) is 208 cm³/mol. The second-order valence-corrected chi connectivity index (χ2v) is 18.3. The third-order valence-electron chi connectivity index (χ3n) is 9.32. The fraction of sp³-hybridized carbons (Fsp3) is 0.500. The third-order valence-corrected chi connectivity index (χ3v) is 11.2. The van der Waals surface area contributed by atoms with Gasteiger partial charge in [-0.25, -0.2) is 0 Å². The first kappa shape index (κ1) is 45.7. The molecular weight excluding hydrogens is 781 g/mol. The predicted octanol–water partition coefficient (Wildman–Crippen LogP) is 5.23. The highest BCUT2D eigenvalue weighted by Gasteiger charge is 2.56. The van der Waals surface area contributed by atoms with E-state index in [1.165, 1.54) is 64.7 Å². The van der Waals surface area contributed by atoms with E-state index >= 15 is 8.78 Å². The number of aryl methyl sites for hydroxylation is 1. The van der Waals surface area contributed by atoms with Gasteiger partial charge >= 0.3 is 25.2 Å². The lowest BCUT2D eigenvalue weighted by Crippen LogP contribution is -2.55. The van der Waals surface area contributed by atoms with Crippen LogP contribution in [-0.4, -0.2) is 67.3 Å². The molecule has 3 atom stereocenters. The van der Waals surface area contributed by atoms with Gasteiger partial charge in [0.1, 0.15) is 12.1 Å². The molecule has 0 bridgehead atoms. The van der Waals surface area contributed by atoms with Crippen LogP contribution >= 0.6 is 7.60 Å². The molecule has 4 N–H and O–H groups in total. The fourth-order valence-electron chi connectivity index (χ4n) is 6.02. The van der Waals surface area contributed by atoms with Gasteiger partial charge in [0.25, 0.3) is 0 Å². The molecular formula is C40H51F2N4O11P. The van der Waals surface area contributed by atoms with Crippen LogP contribution in [0.5, 0.6) is 0 Å². The molecule has 2 heterocycles. The van der Waals surface area contributed by atoms with Crippen molar-refractivity contribution in [3.05, 3.63) is 70.8 Å². The SMILES string of the molecule is C[C@H](CCC(N)=O)NC(=O)[C@@H]1Cc2cccc3c2N1C(=O)C(NC(=O)/C=C/c1ccc(C(F)(F)P(=O)(OCOC(=O)C(C)(C)C)OCOC(=O)C(C)(C)C)cc1)CC3. The van der Waals surface area contributed by atoms with Crippen LogP contribution in [-0.2, 0) is 70.4 Å². The first-order valence-corrected chi connectivity index (χ1v) is 20.2. The van der Waals surface area contributed by atoms with E-state index in [1.54, 1.807) is 6.92 Å². The summed E-state index contributed by atoms with van der Waals surface area (Å²) in [4.78, 5) is 77.6. The maximum atomic E-state index is 15.9. The lowest BCUT2D eigenvalue weighted by molar-refractivity contribution is -0.163. The molecule has 4 amide bonds.